The first-order chi connectivity index (χ1) is 10.2. The quantitative estimate of drug-likeness (QED) is 0.808. The Bertz CT molecular complexity index is 439. The molecule has 1 aromatic heterocycles. The van der Waals surface area contributed by atoms with Gasteiger partial charge >= 0.3 is 5.97 Å². The third-order valence-corrected chi connectivity index (χ3v) is 4.14. The van der Waals surface area contributed by atoms with Crippen LogP contribution in [-0.4, -0.2) is 49.6 Å². The van der Waals surface area contributed by atoms with Crippen LogP contribution in [0.25, 0.3) is 0 Å². The topological polar surface area (TPSA) is 54.5 Å². The molecule has 1 N–H and O–H groups in total. The summed E-state index contributed by atoms with van der Waals surface area (Å²) >= 11 is 0. The van der Waals surface area contributed by atoms with Crippen molar-refractivity contribution in [2.75, 3.05) is 33.8 Å². The molecule has 2 heterocycles. The predicted octanol–water partition coefficient (Wildman–Crippen LogP) is 1.69. The Morgan fingerprint density at radius 1 is 1.43 bits per heavy atom. The lowest BCUT2D eigenvalue weighted by atomic mass is 9.93. The lowest BCUT2D eigenvalue weighted by Crippen LogP contribution is -2.34. The van der Waals surface area contributed by atoms with Crippen LogP contribution in [0.3, 0.4) is 0 Å². The van der Waals surface area contributed by atoms with Crippen LogP contribution in [0.15, 0.2) is 18.3 Å². The SMILES string of the molecule is CNCCC1CCN(Cc2ccc(C(=O)OC)cn2)CC1. The summed E-state index contributed by atoms with van der Waals surface area (Å²) in [6.45, 7) is 4.24. The molecular weight excluding hydrogens is 266 g/mol. The number of carbonyl (C=O) groups excluding carboxylic acids is 1. The number of carbonyl (C=O) groups is 1. The molecule has 0 atom stereocenters. The standard InChI is InChI=1S/C16H25N3O2/c1-17-8-5-13-6-9-19(10-7-13)12-15-4-3-14(11-18-15)16(20)21-2/h3-4,11,13,17H,5-10,12H2,1-2H3. The Balaban J connectivity index is 1.79. The number of methoxy groups -OCH3 is 1. The number of likely N-dealkylation sites (tertiary alicyclic amines) is 1. The number of piperidine rings is 1. The summed E-state index contributed by atoms with van der Waals surface area (Å²) in [6.07, 6.45) is 5.40. The third kappa shape index (κ3) is 4.79. The highest BCUT2D eigenvalue weighted by Gasteiger charge is 2.19. The van der Waals surface area contributed by atoms with Gasteiger partial charge in [-0.05, 0) is 64.0 Å². The molecule has 0 amide bonds. The molecule has 1 aromatic rings. The van der Waals surface area contributed by atoms with E-state index in [2.05, 4.69) is 19.9 Å². The van der Waals surface area contributed by atoms with Crippen LogP contribution in [0.4, 0.5) is 0 Å². The number of hydrogen-bond acceptors (Lipinski definition) is 5. The number of esters is 1. The van der Waals surface area contributed by atoms with E-state index in [1.807, 2.05) is 13.1 Å². The second kappa shape index (κ2) is 8.10. The molecule has 0 unspecified atom stereocenters. The highest BCUT2D eigenvalue weighted by Crippen LogP contribution is 2.21. The zero-order valence-electron chi connectivity index (χ0n) is 13.0. The lowest BCUT2D eigenvalue weighted by Gasteiger charge is -2.31. The van der Waals surface area contributed by atoms with E-state index in [9.17, 15) is 4.79 Å². The molecule has 2 rings (SSSR count). The van der Waals surface area contributed by atoms with Crippen LogP contribution in [0.2, 0.25) is 0 Å². The second-order valence-electron chi connectivity index (χ2n) is 5.64. The Morgan fingerprint density at radius 2 is 2.19 bits per heavy atom. The van der Waals surface area contributed by atoms with Gasteiger partial charge in [0.25, 0.3) is 0 Å². The van der Waals surface area contributed by atoms with Crippen molar-refractivity contribution in [3.8, 4) is 0 Å². The molecule has 1 fully saturated rings. The minimum atomic E-state index is -0.334. The Morgan fingerprint density at radius 3 is 2.76 bits per heavy atom. The number of nitrogens with one attached hydrogen (secondary N) is 1. The molecule has 1 saturated heterocycles. The van der Waals surface area contributed by atoms with E-state index >= 15 is 0 Å². The average Bonchev–Trinajstić information content (AvgIpc) is 2.54. The van der Waals surface area contributed by atoms with Crippen LogP contribution in [-0.2, 0) is 11.3 Å². The van der Waals surface area contributed by atoms with Gasteiger partial charge in [0.15, 0.2) is 0 Å². The number of aromatic nitrogens is 1. The molecule has 21 heavy (non-hydrogen) atoms. The summed E-state index contributed by atoms with van der Waals surface area (Å²) in [5.74, 6) is 0.516. The Hall–Kier alpha value is -1.46. The van der Waals surface area contributed by atoms with Gasteiger partial charge < -0.3 is 10.1 Å². The average molecular weight is 291 g/mol. The fourth-order valence-corrected chi connectivity index (χ4v) is 2.77. The minimum Gasteiger partial charge on any atom is -0.465 e. The fraction of sp³-hybridized carbons (Fsp3) is 0.625. The number of ether oxygens (including phenoxy) is 1. The van der Waals surface area contributed by atoms with Crippen molar-refractivity contribution in [3.05, 3.63) is 29.6 Å². The van der Waals surface area contributed by atoms with Gasteiger partial charge in [-0.25, -0.2) is 4.79 Å². The molecule has 0 spiro atoms. The summed E-state index contributed by atoms with van der Waals surface area (Å²) in [7, 11) is 3.40. The maximum atomic E-state index is 11.4. The van der Waals surface area contributed by atoms with Gasteiger partial charge in [0.2, 0.25) is 0 Å². The summed E-state index contributed by atoms with van der Waals surface area (Å²) in [5.41, 5.74) is 1.52. The van der Waals surface area contributed by atoms with E-state index in [0.29, 0.717) is 5.56 Å². The number of rotatable bonds is 6. The normalized spacial score (nSPS) is 16.9. The van der Waals surface area contributed by atoms with Gasteiger partial charge in [0.05, 0.1) is 18.4 Å². The Labute approximate surface area is 126 Å². The van der Waals surface area contributed by atoms with Crippen LogP contribution in [0.5, 0.6) is 0 Å². The molecule has 0 aromatic carbocycles. The lowest BCUT2D eigenvalue weighted by molar-refractivity contribution is 0.0600. The van der Waals surface area contributed by atoms with Crippen molar-refractivity contribution >= 4 is 5.97 Å². The number of pyridine rings is 1. The molecule has 116 valence electrons. The molecule has 0 bridgehead atoms. The first-order valence-electron chi connectivity index (χ1n) is 7.63. The van der Waals surface area contributed by atoms with Gasteiger partial charge in [-0.3, -0.25) is 9.88 Å². The molecule has 1 aliphatic heterocycles. The van der Waals surface area contributed by atoms with Gasteiger partial charge in [0.1, 0.15) is 0 Å². The largest absolute Gasteiger partial charge is 0.465 e. The van der Waals surface area contributed by atoms with E-state index in [1.165, 1.54) is 26.4 Å². The predicted molar refractivity (Wildman–Crippen MR) is 82.1 cm³/mol. The highest BCUT2D eigenvalue weighted by molar-refractivity contribution is 5.88. The summed E-state index contributed by atoms with van der Waals surface area (Å²) in [4.78, 5) is 18.2. The van der Waals surface area contributed by atoms with Crippen molar-refractivity contribution in [1.82, 2.24) is 15.2 Å². The third-order valence-electron chi connectivity index (χ3n) is 4.14. The molecular formula is C16H25N3O2. The Kier molecular flexibility index (Phi) is 6.14. The zero-order chi connectivity index (χ0) is 15.1. The van der Waals surface area contributed by atoms with Crippen molar-refractivity contribution in [2.45, 2.75) is 25.8 Å². The van der Waals surface area contributed by atoms with Crippen LogP contribution in [0.1, 0.15) is 35.3 Å². The van der Waals surface area contributed by atoms with E-state index < -0.39 is 0 Å². The van der Waals surface area contributed by atoms with E-state index in [1.54, 1.807) is 12.3 Å². The number of hydrogen-bond donors (Lipinski definition) is 1. The van der Waals surface area contributed by atoms with Gasteiger partial charge in [-0.15, -0.1) is 0 Å². The van der Waals surface area contributed by atoms with Crippen molar-refractivity contribution < 1.29 is 9.53 Å². The van der Waals surface area contributed by atoms with E-state index in [0.717, 1.165) is 37.8 Å². The molecule has 0 aliphatic carbocycles. The van der Waals surface area contributed by atoms with Crippen molar-refractivity contribution in [2.24, 2.45) is 5.92 Å². The smallest absolute Gasteiger partial charge is 0.339 e. The molecule has 0 saturated carbocycles. The monoisotopic (exact) mass is 291 g/mol. The maximum Gasteiger partial charge on any atom is 0.339 e. The van der Waals surface area contributed by atoms with E-state index in [4.69, 9.17) is 0 Å². The molecule has 5 heteroatoms. The van der Waals surface area contributed by atoms with Crippen molar-refractivity contribution in [3.63, 3.8) is 0 Å². The number of nitrogens with zero attached hydrogens (tertiary/aromatic N) is 2. The molecule has 0 radical (unpaired) electrons. The first-order valence-corrected chi connectivity index (χ1v) is 7.63. The molecule has 5 nitrogen and oxygen atoms in total. The van der Waals surface area contributed by atoms with Gasteiger partial charge in [0, 0.05) is 12.7 Å². The van der Waals surface area contributed by atoms with Crippen LogP contribution in [0, 0.1) is 5.92 Å². The minimum absolute atomic E-state index is 0.334. The van der Waals surface area contributed by atoms with Crippen LogP contribution < -0.4 is 5.32 Å². The summed E-state index contributed by atoms with van der Waals surface area (Å²) < 4.78 is 4.68. The summed E-state index contributed by atoms with van der Waals surface area (Å²) in [6, 6.07) is 3.70. The highest BCUT2D eigenvalue weighted by atomic mass is 16.5. The second-order valence-corrected chi connectivity index (χ2v) is 5.64. The van der Waals surface area contributed by atoms with E-state index in [-0.39, 0.29) is 5.97 Å². The molecule has 1 aliphatic rings. The zero-order valence-corrected chi connectivity index (χ0v) is 13.0. The van der Waals surface area contributed by atoms with Gasteiger partial charge in [-0.2, -0.15) is 0 Å². The van der Waals surface area contributed by atoms with Crippen molar-refractivity contribution in [1.29, 1.82) is 0 Å². The van der Waals surface area contributed by atoms with Gasteiger partial charge in [-0.1, -0.05) is 0 Å². The van der Waals surface area contributed by atoms with Crippen LogP contribution >= 0.6 is 0 Å². The fourth-order valence-electron chi connectivity index (χ4n) is 2.77. The maximum absolute atomic E-state index is 11.4. The first kappa shape index (κ1) is 15.9. The summed E-state index contributed by atoms with van der Waals surface area (Å²) in [5, 5.41) is 3.22.